The van der Waals surface area contributed by atoms with Crippen molar-refractivity contribution in [1.29, 1.82) is 5.26 Å². The Labute approximate surface area is 135 Å². The quantitative estimate of drug-likeness (QED) is 0.939. The average molecular weight is 311 g/mol. The summed E-state index contributed by atoms with van der Waals surface area (Å²) in [6, 6.07) is 4.81. The van der Waals surface area contributed by atoms with E-state index >= 15 is 0 Å². The van der Waals surface area contributed by atoms with Crippen LogP contribution in [-0.2, 0) is 16.7 Å². The van der Waals surface area contributed by atoms with Crippen LogP contribution in [0, 0.1) is 11.3 Å². The van der Waals surface area contributed by atoms with E-state index in [1.165, 1.54) is 0 Å². The summed E-state index contributed by atoms with van der Waals surface area (Å²) in [5.41, 5.74) is 3.48. The van der Waals surface area contributed by atoms with E-state index in [0.29, 0.717) is 6.61 Å². The first-order valence-corrected chi connectivity index (χ1v) is 8.32. The van der Waals surface area contributed by atoms with Gasteiger partial charge in [-0.1, -0.05) is 0 Å². The van der Waals surface area contributed by atoms with Crippen molar-refractivity contribution < 1.29 is 4.74 Å². The van der Waals surface area contributed by atoms with Gasteiger partial charge in [0.15, 0.2) is 0 Å². The van der Waals surface area contributed by atoms with Gasteiger partial charge in [0.1, 0.15) is 11.6 Å². The fourth-order valence-corrected chi connectivity index (χ4v) is 3.50. The van der Waals surface area contributed by atoms with E-state index in [1.807, 2.05) is 4.68 Å². The molecule has 0 radical (unpaired) electrons. The lowest BCUT2D eigenvalue weighted by atomic mass is 9.94. The largest absolute Gasteiger partial charge is 0.369 e. The summed E-state index contributed by atoms with van der Waals surface area (Å²) in [5, 5.41) is 17.6. The molecule has 0 amide bonds. The Bertz CT molecular complexity index is 786. The monoisotopic (exact) mass is 311 g/mol. The number of fused-ring (bicyclic) bond motifs is 1. The molecule has 1 saturated heterocycles. The minimum absolute atomic E-state index is 0.0774. The average Bonchev–Trinajstić information content (AvgIpc) is 3.27. The molecule has 2 unspecified atom stereocenters. The van der Waals surface area contributed by atoms with Crippen molar-refractivity contribution in [2.75, 3.05) is 13.2 Å². The lowest BCUT2D eigenvalue weighted by Gasteiger charge is -2.30. The maximum absolute atomic E-state index is 9.68. The molecule has 1 N–H and O–H groups in total. The zero-order valence-electron chi connectivity index (χ0n) is 13.5. The molecule has 23 heavy (non-hydrogen) atoms. The number of nitrogens with one attached hydrogen (secondary N) is 1. The van der Waals surface area contributed by atoms with Gasteiger partial charge in [-0.3, -0.25) is 4.68 Å². The lowest BCUT2D eigenvalue weighted by molar-refractivity contribution is -0.00267. The number of hydrogen-bond acceptors (Lipinski definition) is 5. The second-order valence-electron chi connectivity index (χ2n) is 6.52. The molecule has 120 valence electrons. The van der Waals surface area contributed by atoms with Crippen molar-refractivity contribution in [2.45, 2.75) is 50.8 Å². The normalized spacial score (nSPS) is 26.1. The number of morpholine rings is 1. The molecular weight excluding hydrogens is 290 g/mol. The summed E-state index contributed by atoms with van der Waals surface area (Å²) in [4.78, 5) is 4.80. The Hall–Kier alpha value is -1.97. The molecule has 2 aliphatic rings. The van der Waals surface area contributed by atoms with Crippen molar-refractivity contribution in [3.05, 3.63) is 23.5 Å². The zero-order valence-corrected chi connectivity index (χ0v) is 13.5. The Morgan fingerprint density at radius 3 is 3.00 bits per heavy atom. The van der Waals surface area contributed by atoms with E-state index in [4.69, 9.17) is 9.72 Å². The van der Waals surface area contributed by atoms with Gasteiger partial charge >= 0.3 is 0 Å². The molecule has 6 nitrogen and oxygen atoms in total. The van der Waals surface area contributed by atoms with Crippen LogP contribution in [0.2, 0.25) is 0 Å². The first-order valence-electron chi connectivity index (χ1n) is 8.32. The van der Waals surface area contributed by atoms with Gasteiger partial charge in [0, 0.05) is 24.7 Å². The second kappa shape index (κ2) is 5.29. The van der Waals surface area contributed by atoms with Gasteiger partial charge in [-0.2, -0.15) is 10.4 Å². The number of rotatable bonds is 3. The van der Waals surface area contributed by atoms with E-state index in [1.54, 1.807) is 6.20 Å². The van der Waals surface area contributed by atoms with Crippen LogP contribution in [0.25, 0.3) is 11.0 Å². The predicted molar refractivity (Wildman–Crippen MR) is 85.9 cm³/mol. The van der Waals surface area contributed by atoms with Gasteiger partial charge in [0.25, 0.3) is 0 Å². The topological polar surface area (TPSA) is 75.8 Å². The highest BCUT2D eigenvalue weighted by Gasteiger charge is 2.47. The lowest BCUT2D eigenvalue weighted by Crippen LogP contribution is -2.41. The third-order valence-electron chi connectivity index (χ3n) is 5.01. The summed E-state index contributed by atoms with van der Waals surface area (Å²) >= 11 is 0. The van der Waals surface area contributed by atoms with Gasteiger partial charge in [-0.05, 0) is 32.8 Å². The highest BCUT2D eigenvalue weighted by Crippen LogP contribution is 2.50. The Balaban J connectivity index is 1.90. The van der Waals surface area contributed by atoms with Gasteiger partial charge in [-0.25, -0.2) is 4.98 Å². The minimum atomic E-state index is -0.367. The summed E-state index contributed by atoms with van der Waals surface area (Å²) in [6.45, 7) is 6.50. The molecule has 0 spiro atoms. The molecule has 0 aromatic carbocycles. The summed E-state index contributed by atoms with van der Waals surface area (Å²) in [6.07, 6.45) is 3.55. The van der Waals surface area contributed by atoms with Crippen molar-refractivity contribution in [3.63, 3.8) is 0 Å². The van der Waals surface area contributed by atoms with Gasteiger partial charge < -0.3 is 10.1 Å². The van der Waals surface area contributed by atoms with Crippen LogP contribution in [0.3, 0.4) is 0 Å². The van der Waals surface area contributed by atoms with Crippen LogP contribution in [-0.4, -0.2) is 34.0 Å². The number of aromatic nitrogens is 3. The third-order valence-corrected chi connectivity index (χ3v) is 5.01. The van der Waals surface area contributed by atoms with Crippen LogP contribution in [0.4, 0.5) is 0 Å². The number of nitrogens with zero attached hydrogens (tertiary/aromatic N) is 4. The molecular formula is C17H21N5O. The standard InChI is InChI=1S/C17H21N5O/c1-3-22-15-12(17(10-18)4-5-17)8-13(21-14(15)9-20-22)16-11(2)19-6-7-23-16/h8-9,11,16,19H,3-7H2,1-2H3. The Morgan fingerprint density at radius 2 is 2.35 bits per heavy atom. The molecule has 1 aliphatic carbocycles. The minimum Gasteiger partial charge on any atom is -0.369 e. The van der Waals surface area contributed by atoms with Crippen molar-refractivity contribution in [3.8, 4) is 6.07 Å². The van der Waals surface area contributed by atoms with Crippen LogP contribution < -0.4 is 5.32 Å². The number of pyridine rings is 1. The molecule has 6 heteroatoms. The first-order chi connectivity index (χ1) is 11.2. The first kappa shape index (κ1) is 14.6. The summed E-state index contributed by atoms with van der Waals surface area (Å²) in [5.74, 6) is 0. The van der Waals surface area contributed by atoms with Crippen LogP contribution in [0.15, 0.2) is 12.3 Å². The molecule has 2 aromatic rings. The van der Waals surface area contributed by atoms with Crippen LogP contribution in [0.5, 0.6) is 0 Å². The van der Waals surface area contributed by atoms with Crippen LogP contribution >= 0.6 is 0 Å². The smallest absolute Gasteiger partial charge is 0.114 e. The summed E-state index contributed by atoms with van der Waals surface area (Å²) < 4.78 is 7.89. The molecule has 1 aliphatic heterocycles. The second-order valence-corrected chi connectivity index (χ2v) is 6.52. The SMILES string of the molecule is CCn1ncc2nc(C3OCCNC3C)cc(C3(C#N)CC3)c21. The number of hydrogen-bond donors (Lipinski definition) is 1. The third kappa shape index (κ3) is 2.23. The Kier molecular flexibility index (Phi) is 3.36. The number of ether oxygens (including phenoxy) is 1. The highest BCUT2D eigenvalue weighted by molar-refractivity contribution is 5.81. The highest BCUT2D eigenvalue weighted by atomic mass is 16.5. The number of nitriles is 1. The fraction of sp³-hybridized carbons (Fsp3) is 0.588. The molecule has 2 atom stereocenters. The van der Waals surface area contributed by atoms with Crippen molar-refractivity contribution in [1.82, 2.24) is 20.1 Å². The van der Waals surface area contributed by atoms with E-state index in [-0.39, 0.29) is 17.6 Å². The van der Waals surface area contributed by atoms with Crippen LogP contribution in [0.1, 0.15) is 44.1 Å². The van der Waals surface area contributed by atoms with Gasteiger partial charge in [-0.15, -0.1) is 0 Å². The zero-order chi connectivity index (χ0) is 16.0. The maximum atomic E-state index is 9.68. The van der Waals surface area contributed by atoms with E-state index < -0.39 is 0 Å². The molecule has 3 heterocycles. The van der Waals surface area contributed by atoms with E-state index in [0.717, 1.165) is 48.2 Å². The molecule has 2 fully saturated rings. The summed E-state index contributed by atoms with van der Waals surface area (Å²) in [7, 11) is 0. The molecule has 4 rings (SSSR count). The van der Waals surface area contributed by atoms with E-state index in [2.05, 4.69) is 36.4 Å². The predicted octanol–water partition coefficient (Wildman–Crippen LogP) is 2.06. The van der Waals surface area contributed by atoms with Gasteiger partial charge in [0.2, 0.25) is 0 Å². The van der Waals surface area contributed by atoms with E-state index in [9.17, 15) is 5.26 Å². The molecule has 0 bridgehead atoms. The molecule has 2 aromatic heterocycles. The fourth-order valence-electron chi connectivity index (χ4n) is 3.50. The number of aryl methyl sites for hydroxylation is 1. The van der Waals surface area contributed by atoms with Crippen molar-refractivity contribution >= 4 is 11.0 Å². The molecule has 1 saturated carbocycles. The van der Waals surface area contributed by atoms with Gasteiger partial charge in [0.05, 0.1) is 35.5 Å². The van der Waals surface area contributed by atoms with Crippen molar-refractivity contribution in [2.24, 2.45) is 0 Å². The Morgan fingerprint density at radius 1 is 1.52 bits per heavy atom. The maximum Gasteiger partial charge on any atom is 0.114 e.